The van der Waals surface area contributed by atoms with Crippen molar-refractivity contribution in [1.29, 1.82) is 0 Å². The van der Waals surface area contributed by atoms with Crippen molar-refractivity contribution in [2.45, 2.75) is 6.16 Å². The molecule has 0 radical (unpaired) electrons. The summed E-state index contributed by atoms with van der Waals surface area (Å²) >= 11 is 0. The molecule has 0 aliphatic rings. The SMILES string of the molecule is C=CC(=O)O.C=CC(=O)O.C=CC(=O)O.C=CC(=O)O.OC(O)(O)O. The largest absolute Gasteiger partial charge is 0.478 e. The molecule has 0 saturated carbocycles. The molecule has 0 fully saturated rings. The molecule has 0 unspecified atom stereocenters. The Labute approximate surface area is 141 Å². The Bertz CT molecular complexity index is 366. The van der Waals surface area contributed by atoms with E-state index in [2.05, 4.69) is 26.3 Å². The smallest absolute Gasteiger partial charge is 0.402 e. The summed E-state index contributed by atoms with van der Waals surface area (Å²) in [5.41, 5.74) is 0. The molecule has 0 bridgehead atoms. The van der Waals surface area contributed by atoms with E-state index in [1.54, 1.807) is 0 Å². The maximum Gasteiger partial charge on any atom is 0.402 e. The van der Waals surface area contributed by atoms with Crippen LogP contribution >= 0.6 is 0 Å². The number of carboxylic acid groups (broad SMARTS) is 4. The highest BCUT2D eigenvalue weighted by molar-refractivity contribution is 5.79. The monoisotopic (exact) mass is 368 g/mol. The van der Waals surface area contributed by atoms with Crippen LogP contribution < -0.4 is 0 Å². The van der Waals surface area contributed by atoms with Crippen LogP contribution in [-0.4, -0.2) is 70.9 Å². The Balaban J connectivity index is -0.0000000667. The van der Waals surface area contributed by atoms with Gasteiger partial charge in [-0.3, -0.25) is 0 Å². The highest BCUT2D eigenvalue weighted by atomic mass is 16.8. The number of aliphatic hydroxyl groups is 4. The van der Waals surface area contributed by atoms with E-state index >= 15 is 0 Å². The quantitative estimate of drug-likeness (QED) is 0.211. The lowest BCUT2D eigenvalue weighted by molar-refractivity contribution is -0.436. The zero-order valence-corrected chi connectivity index (χ0v) is 12.8. The van der Waals surface area contributed by atoms with Gasteiger partial charge >= 0.3 is 30.0 Å². The molecule has 0 spiro atoms. The molecule has 0 heterocycles. The normalized spacial score (nSPS) is 7.52. The molecule has 0 amide bonds. The van der Waals surface area contributed by atoms with E-state index in [1.165, 1.54) is 0 Å². The molecule has 12 heteroatoms. The fourth-order valence-electron chi connectivity index (χ4n) is 0. The fraction of sp³-hybridized carbons (Fsp3) is 0.0769. The van der Waals surface area contributed by atoms with Crippen LogP contribution in [0.5, 0.6) is 0 Å². The molecule has 0 aromatic heterocycles. The second-order valence-electron chi connectivity index (χ2n) is 2.77. The number of hydrogen-bond acceptors (Lipinski definition) is 8. The standard InChI is InChI=1S/4C3H4O2.CH4O4/c4*1-2-3(4)5;2-1(3,4)5/h4*2H,1H2,(H,4,5);2-5H. The van der Waals surface area contributed by atoms with Gasteiger partial charge in [-0.25, -0.2) is 19.2 Å². The van der Waals surface area contributed by atoms with E-state index in [4.69, 9.17) is 40.9 Å². The lowest BCUT2D eigenvalue weighted by atomic mass is 10.7. The molecule has 0 aliphatic heterocycles. The van der Waals surface area contributed by atoms with Crippen LogP contribution in [0.4, 0.5) is 0 Å². The van der Waals surface area contributed by atoms with Crippen molar-refractivity contribution in [3.63, 3.8) is 0 Å². The van der Waals surface area contributed by atoms with Gasteiger partial charge in [-0.15, -0.1) is 0 Å². The molecule has 144 valence electrons. The Morgan fingerprint density at radius 1 is 0.520 bits per heavy atom. The van der Waals surface area contributed by atoms with E-state index < -0.39 is 30.0 Å². The first-order valence-electron chi connectivity index (χ1n) is 5.39. The van der Waals surface area contributed by atoms with Crippen LogP contribution in [0.15, 0.2) is 50.6 Å². The van der Waals surface area contributed by atoms with Crippen LogP contribution in [0.1, 0.15) is 0 Å². The molecule has 0 aromatic carbocycles. The zero-order chi connectivity index (χ0) is 21.6. The summed E-state index contributed by atoms with van der Waals surface area (Å²) in [7, 11) is 0. The summed E-state index contributed by atoms with van der Waals surface area (Å²) in [5.74, 6) is -3.93. The zero-order valence-electron chi connectivity index (χ0n) is 12.8. The van der Waals surface area contributed by atoms with Crippen LogP contribution in [0, 0.1) is 0 Å². The van der Waals surface area contributed by atoms with Gasteiger partial charge < -0.3 is 40.9 Å². The summed E-state index contributed by atoms with van der Waals surface area (Å²) in [6, 6.07) is 0. The predicted molar refractivity (Wildman–Crippen MR) is 82.9 cm³/mol. The molecule has 0 atom stereocenters. The van der Waals surface area contributed by atoms with Crippen molar-refractivity contribution in [1.82, 2.24) is 0 Å². The van der Waals surface area contributed by atoms with Gasteiger partial charge in [0.1, 0.15) is 0 Å². The Morgan fingerprint density at radius 3 is 0.560 bits per heavy atom. The van der Waals surface area contributed by atoms with Crippen LogP contribution in [-0.2, 0) is 19.2 Å². The first-order chi connectivity index (χ1) is 11.1. The summed E-state index contributed by atoms with van der Waals surface area (Å²) in [5, 5.41) is 59.2. The average Bonchev–Trinajstić information content (AvgIpc) is 2.47. The van der Waals surface area contributed by atoms with E-state index in [-0.39, 0.29) is 0 Å². The third-order valence-corrected chi connectivity index (χ3v) is 0.698. The second kappa shape index (κ2) is 23.0. The highest BCUT2D eigenvalue weighted by Gasteiger charge is 2.07. The number of aliphatic carboxylic acids is 4. The number of hydrogen-bond donors (Lipinski definition) is 8. The fourth-order valence-corrected chi connectivity index (χ4v) is 0. The van der Waals surface area contributed by atoms with Crippen molar-refractivity contribution in [2.24, 2.45) is 0 Å². The summed E-state index contributed by atoms with van der Waals surface area (Å²) in [6.07, 6.45) is -0.167. The maximum absolute atomic E-state index is 9.25. The van der Waals surface area contributed by atoms with Gasteiger partial charge in [0.05, 0.1) is 0 Å². The van der Waals surface area contributed by atoms with Crippen molar-refractivity contribution in [2.75, 3.05) is 0 Å². The Morgan fingerprint density at radius 2 is 0.560 bits per heavy atom. The predicted octanol–water partition coefficient (Wildman–Crippen LogP) is -1.41. The van der Waals surface area contributed by atoms with Gasteiger partial charge in [0.2, 0.25) is 0 Å². The highest BCUT2D eigenvalue weighted by Crippen LogP contribution is 1.76. The first kappa shape index (κ1) is 33.3. The lowest BCUT2D eigenvalue weighted by Gasteiger charge is -1.99. The molecule has 8 N–H and O–H groups in total. The van der Waals surface area contributed by atoms with Crippen molar-refractivity contribution in [3.05, 3.63) is 50.6 Å². The van der Waals surface area contributed by atoms with Gasteiger partial charge in [0, 0.05) is 24.3 Å². The van der Waals surface area contributed by atoms with Gasteiger partial charge in [-0.05, 0) is 0 Å². The van der Waals surface area contributed by atoms with Gasteiger partial charge in [0.25, 0.3) is 0 Å². The Hall–Kier alpha value is -3.32. The van der Waals surface area contributed by atoms with E-state index in [1.807, 2.05) is 0 Å². The molecule has 25 heavy (non-hydrogen) atoms. The minimum atomic E-state index is -3.50. The van der Waals surface area contributed by atoms with Crippen molar-refractivity contribution >= 4 is 23.9 Å². The number of rotatable bonds is 4. The van der Waals surface area contributed by atoms with Gasteiger partial charge in [0.15, 0.2) is 0 Å². The topological polar surface area (TPSA) is 230 Å². The average molecular weight is 368 g/mol. The van der Waals surface area contributed by atoms with Gasteiger partial charge in [-0.1, -0.05) is 26.3 Å². The van der Waals surface area contributed by atoms with Gasteiger partial charge in [-0.2, -0.15) is 0 Å². The second-order valence-corrected chi connectivity index (χ2v) is 2.77. The maximum atomic E-state index is 9.25. The van der Waals surface area contributed by atoms with E-state index in [0.29, 0.717) is 0 Å². The minimum absolute atomic E-state index is 0.833. The first-order valence-corrected chi connectivity index (χ1v) is 5.39. The van der Waals surface area contributed by atoms with Crippen molar-refractivity contribution in [3.8, 4) is 0 Å². The molecule has 12 nitrogen and oxygen atoms in total. The third kappa shape index (κ3) is 329. The minimum Gasteiger partial charge on any atom is -0.478 e. The molecular formula is C13H20O12. The van der Waals surface area contributed by atoms with Crippen LogP contribution in [0.25, 0.3) is 0 Å². The Kier molecular flexibility index (Phi) is 30.6. The van der Waals surface area contributed by atoms with Crippen LogP contribution in [0.3, 0.4) is 0 Å². The van der Waals surface area contributed by atoms with Crippen molar-refractivity contribution < 1.29 is 60.0 Å². The van der Waals surface area contributed by atoms with E-state index in [9.17, 15) is 19.2 Å². The number of carbonyl (C=O) groups is 4. The summed E-state index contributed by atoms with van der Waals surface area (Å²) in [6.45, 7) is 11.8. The molecule has 0 rings (SSSR count). The summed E-state index contributed by atoms with van der Waals surface area (Å²) in [4.78, 5) is 37.0. The number of carboxylic acids is 4. The summed E-state index contributed by atoms with van der Waals surface area (Å²) < 4.78 is 0. The molecule has 0 aliphatic carbocycles. The third-order valence-electron chi connectivity index (χ3n) is 0.698. The molecular weight excluding hydrogens is 348 g/mol. The lowest BCUT2D eigenvalue weighted by Crippen LogP contribution is -2.25. The molecule has 0 saturated heterocycles. The van der Waals surface area contributed by atoms with E-state index in [0.717, 1.165) is 24.3 Å². The van der Waals surface area contributed by atoms with Crippen LogP contribution in [0.2, 0.25) is 0 Å². The molecule has 0 aromatic rings.